The zero-order valence-corrected chi connectivity index (χ0v) is 28.1. The molecule has 1 aromatic carbocycles. The lowest BCUT2D eigenvalue weighted by atomic mass is 9.98. The Kier molecular flexibility index (Phi) is 10.0. The molecule has 0 aliphatic carbocycles. The molecule has 15 heteroatoms. The number of hydrogen-bond donors (Lipinski definition) is 3. The largest absolute Gasteiger partial charge is 0.394 e. The molecule has 0 unspecified atom stereocenters. The van der Waals surface area contributed by atoms with E-state index in [1.54, 1.807) is 23.5 Å². The number of nitrogens with one attached hydrogen (secondary N) is 3. The third kappa shape index (κ3) is 8.21. The van der Waals surface area contributed by atoms with Crippen LogP contribution in [0.4, 0.5) is 24.7 Å². The number of pyridine rings is 1. The van der Waals surface area contributed by atoms with Crippen LogP contribution in [0, 0.1) is 5.92 Å². The second-order valence-corrected chi connectivity index (χ2v) is 13.4. The summed E-state index contributed by atoms with van der Waals surface area (Å²) < 4.78 is 43.9. The molecule has 0 radical (unpaired) electrons. The highest BCUT2D eigenvalue weighted by Gasteiger charge is 2.47. The highest BCUT2D eigenvalue weighted by molar-refractivity contribution is 6.03. The maximum atomic E-state index is 13.2. The van der Waals surface area contributed by atoms with Crippen molar-refractivity contribution in [1.29, 1.82) is 0 Å². The molecule has 51 heavy (non-hydrogen) atoms. The highest BCUT2D eigenvalue weighted by atomic mass is 19.4. The predicted octanol–water partition coefficient (Wildman–Crippen LogP) is 4.24. The van der Waals surface area contributed by atoms with Gasteiger partial charge in [-0.25, -0.2) is 9.97 Å². The van der Waals surface area contributed by atoms with Crippen LogP contribution in [-0.4, -0.2) is 113 Å². The minimum absolute atomic E-state index is 0.107. The van der Waals surface area contributed by atoms with Gasteiger partial charge in [0.25, 0.3) is 5.91 Å². The zero-order chi connectivity index (χ0) is 35.5. The molecule has 3 aliphatic rings. The van der Waals surface area contributed by atoms with E-state index in [1.807, 2.05) is 36.4 Å². The lowest BCUT2D eigenvalue weighted by Crippen LogP contribution is -2.54. The minimum atomic E-state index is -4.21. The summed E-state index contributed by atoms with van der Waals surface area (Å²) in [5, 5.41) is 6.88. The molecule has 3 saturated heterocycles. The van der Waals surface area contributed by atoms with E-state index in [1.165, 1.54) is 0 Å². The number of likely N-dealkylation sites (tertiary alicyclic amines) is 2. The second kappa shape index (κ2) is 14.8. The van der Waals surface area contributed by atoms with Crippen LogP contribution in [-0.2, 0) is 16.1 Å². The van der Waals surface area contributed by atoms with Crippen LogP contribution < -0.4 is 15.5 Å². The zero-order valence-electron chi connectivity index (χ0n) is 28.1. The highest BCUT2D eigenvalue weighted by Crippen LogP contribution is 2.34. The standard InChI is InChI=1S/C36H40F3N9O3/c1-23(17-47-19-26(20-47)36(37,38)39)34(49)44-28-3-2-10-46(21-28)18-24-8-9-40-31(15-24)35(50)43-27-6-4-25(5-7-27)30-16-29-32(45-30)41-22-42-33(29)48-11-13-51-14-12-48/h4-9,15-16,22,26,28H,1-3,10-14,17-21H2,(H,43,50)(H,44,49)(H,41,42,45)/t28-/m1/s1. The molecule has 12 nitrogen and oxygen atoms in total. The van der Waals surface area contributed by atoms with E-state index in [0.29, 0.717) is 37.7 Å². The number of carbonyl (C=O) groups excluding carboxylic acids is 2. The number of fused-ring (bicyclic) bond motifs is 1. The fourth-order valence-corrected chi connectivity index (χ4v) is 6.84. The number of H-pyrrole nitrogens is 1. The van der Waals surface area contributed by atoms with E-state index in [0.717, 1.165) is 66.1 Å². The van der Waals surface area contributed by atoms with Crippen molar-refractivity contribution in [3.05, 3.63) is 78.4 Å². The molecule has 2 amide bonds. The van der Waals surface area contributed by atoms with Gasteiger partial charge in [0.05, 0.1) is 24.5 Å². The van der Waals surface area contributed by atoms with Gasteiger partial charge < -0.3 is 25.3 Å². The summed E-state index contributed by atoms with van der Waals surface area (Å²) in [6, 6.07) is 13.1. The molecule has 3 fully saturated rings. The molecule has 0 bridgehead atoms. The summed E-state index contributed by atoms with van der Waals surface area (Å²) in [6.45, 7) is 8.60. The number of alkyl halides is 3. The summed E-state index contributed by atoms with van der Waals surface area (Å²) in [6.07, 6.45) is 0.637. The van der Waals surface area contributed by atoms with Gasteiger partial charge in [0.15, 0.2) is 0 Å². The summed E-state index contributed by atoms with van der Waals surface area (Å²) >= 11 is 0. The number of carbonyl (C=O) groups is 2. The topological polar surface area (TPSA) is 132 Å². The average Bonchev–Trinajstić information content (AvgIpc) is 3.55. The number of halogens is 3. The summed E-state index contributed by atoms with van der Waals surface area (Å²) in [5.74, 6) is -1.12. The van der Waals surface area contributed by atoms with Crippen molar-refractivity contribution in [2.24, 2.45) is 5.92 Å². The number of rotatable bonds is 10. The van der Waals surface area contributed by atoms with Crippen molar-refractivity contribution in [1.82, 2.24) is 35.1 Å². The Balaban J connectivity index is 0.913. The number of hydrogen-bond acceptors (Lipinski definition) is 9. The SMILES string of the molecule is C=C(CN1CC(C(F)(F)F)C1)C(=O)N[C@@H]1CCCN(Cc2ccnc(C(=O)Nc3ccc(-c4cc5c(N6CCOCC6)ncnc5[nH]4)cc3)c2)C1. The van der Waals surface area contributed by atoms with Gasteiger partial charge in [-0.1, -0.05) is 18.7 Å². The third-order valence-electron chi connectivity index (χ3n) is 9.63. The van der Waals surface area contributed by atoms with Crippen LogP contribution in [0.3, 0.4) is 0 Å². The fourth-order valence-electron chi connectivity index (χ4n) is 6.84. The first-order chi connectivity index (χ1) is 24.6. The van der Waals surface area contributed by atoms with E-state index in [4.69, 9.17) is 4.74 Å². The lowest BCUT2D eigenvalue weighted by Gasteiger charge is -2.40. The second-order valence-electron chi connectivity index (χ2n) is 13.4. The molecule has 3 N–H and O–H groups in total. The van der Waals surface area contributed by atoms with Gasteiger partial charge >= 0.3 is 6.18 Å². The Morgan fingerprint density at radius 2 is 1.76 bits per heavy atom. The Labute approximate surface area is 293 Å². The van der Waals surface area contributed by atoms with E-state index < -0.39 is 12.1 Å². The van der Waals surface area contributed by atoms with E-state index in [2.05, 4.69) is 46.9 Å². The third-order valence-corrected chi connectivity index (χ3v) is 9.63. The number of amides is 2. The molecule has 1 atom stereocenters. The first-order valence-corrected chi connectivity index (χ1v) is 17.1. The molecular weight excluding hydrogens is 663 g/mol. The van der Waals surface area contributed by atoms with Gasteiger partial charge in [-0.05, 0) is 60.8 Å². The number of benzene rings is 1. The molecule has 4 aromatic rings. The molecule has 268 valence electrons. The summed E-state index contributed by atoms with van der Waals surface area (Å²) in [5.41, 5.74) is 4.69. The van der Waals surface area contributed by atoms with Gasteiger partial charge in [-0.15, -0.1) is 0 Å². The molecular formula is C36H40F3N9O3. The van der Waals surface area contributed by atoms with Crippen LogP contribution in [0.1, 0.15) is 28.9 Å². The smallest absolute Gasteiger partial charge is 0.378 e. The number of nitrogens with zero attached hydrogens (tertiary/aromatic N) is 6. The first kappa shape index (κ1) is 34.6. The molecule has 3 aliphatic heterocycles. The number of aromatic nitrogens is 4. The van der Waals surface area contributed by atoms with Gasteiger partial charge in [0, 0.05) is 75.0 Å². The Morgan fingerprint density at radius 1 is 0.980 bits per heavy atom. The van der Waals surface area contributed by atoms with E-state index >= 15 is 0 Å². The molecule has 6 heterocycles. The Hall–Kier alpha value is -4.86. The lowest BCUT2D eigenvalue weighted by molar-refractivity contribution is -0.207. The monoisotopic (exact) mass is 703 g/mol. The number of piperidine rings is 1. The number of ether oxygens (including phenoxy) is 1. The Bertz CT molecular complexity index is 1890. The average molecular weight is 704 g/mol. The summed E-state index contributed by atoms with van der Waals surface area (Å²) in [4.78, 5) is 48.6. The number of morpholine rings is 1. The van der Waals surface area contributed by atoms with Gasteiger partial charge in [-0.2, -0.15) is 13.2 Å². The molecule has 3 aromatic heterocycles. The quantitative estimate of drug-likeness (QED) is 0.208. The van der Waals surface area contributed by atoms with Crippen molar-refractivity contribution in [3.63, 3.8) is 0 Å². The van der Waals surface area contributed by atoms with Crippen LogP contribution in [0.15, 0.2) is 67.1 Å². The number of anilines is 2. The van der Waals surface area contributed by atoms with Crippen LogP contribution in [0.5, 0.6) is 0 Å². The molecule has 0 saturated carbocycles. The minimum Gasteiger partial charge on any atom is -0.378 e. The number of aromatic amines is 1. The van der Waals surface area contributed by atoms with Crippen LogP contribution in [0.2, 0.25) is 0 Å². The van der Waals surface area contributed by atoms with Crippen molar-refractivity contribution >= 4 is 34.4 Å². The molecule has 0 spiro atoms. The van der Waals surface area contributed by atoms with E-state index in [-0.39, 0.29) is 43.1 Å². The van der Waals surface area contributed by atoms with Crippen LogP contribution in [0.25, 0.3) is 22.3 Å². The first-order valence-electron chi connectivity index (χ1n) is 17.1. The predicted molar refractivity (Wildman–Crippen MR) is 186 cm³/mol. The van der Waals surface area contributed by atoms with Gasteiger partial charge in [0.1, 0.15) is 23.5 Å². The fraction of sp³-hybridized carbons (Fsp3) is 0.417. The summed E-state index contributed by atoms with van der Waals surface area (Å²) in [7, 11) is 0. The normalized spacial score (nSPS) is 19.1. The van der Waals surface area contributed by atoms with Crippen molar-refractivity contribution in [3.8, 4) is 11.3 Å². The maximum absolute atomic E-state index is 13.2. The van der Waals surface area contributed by atoms with Crippen molar-refractivity contribution < 1.29 is 27.5 Å². The maximum Gasteiger partial charge on any atom is 0.394 e. The van der Waals surface area contributed by atoms with Crippen LogP contribution >= 0.6 is 0 Å². The van der Waals surface area contributed by atoms with Crippen molar-refractivity contribution in [2.45, 2.75) is 31.6 Å². The van der Waals surface area contributed by atoms with Gasteiger partial charge in [0.2, 0.25) is 5.91 Å². The Morgan fingerprint density at radius 3 is 2.53 bits per heavy atom. The van der Waals surface area contributed by atoms with Gasteiger partial charge in [-0.3, -0.25) is 24.4 Å². The molecule has 7 rings (SSSR count). The van der Waals surface area contributed by atoms with Crippen molar-refractivity contribution in [2.75, 3.05) is 69.2 Å². The van der Waals surface area contributed by atoms with E-state index in [9.17, 15) is 22.8 Å².